The zero-order chi connectivity index (χ0) is 28.4. The van der Waals surface area contributed by atoms with Crippen LogP contribution in [0.3, 0.4) is 0 Å². The minimum atomic E-state index is 0.365. The molecule has 0 bridgehead atoms. The van der Waals surface area contributed by atoms with Crippen LogP contribution in [0.15, 0.2) is 73.0 Å². The van der Waals surface area contributed by atoms with E-state index >= 15 is 0 Å². The first kappa shape index (κ1) is 26.7. The highest BCUT2D eigenvalue weighted by Gasteiger charge is 2.40. The van der Waals surface area contributed by atoms with Gasteiger partial charge in [-0.2, -0.15) is 5.26 Å². The molecule has 3 aromatic heterocycles. The van der Waals surface area contributed by atoms with Gasteiger partial charge in [0.15, 0.2) is 17.7 Å². The van der Waals surface area contributed by atoms with Gasteiger partial charge >= 0.3 is 0 Å². The Bertz CT molecular complexity index is 1650. The fourth-order valence-corrected chi connectivity index (χ4v) is 6.32. The Hall–Kier alpha value is -4.48. The van der Waals surface area contributed by atoms with Gasteiger partial charge in [-0.15, -0.1) is 0 Å². The van der Waals surface area contributed by atoms with Crippen LogP contribution < -0.4 is 5.73 Å². The van der Waals surface area contributed by atoms with E-state index in [1.807, 2.05) is 49.1 Å². The van der Waals surface area contributed by atoms with E-state index in [-0.39, 0.29) is 0 Å². The zero-order valence-electron chi connectivity index (χ0n) is 23.8. The first-order valence-electron chi connectivity index (χ1n) is 14.4. The summed E-state index contributed by atoms with van der Waals surface area (Å²) < 4.78 is 2.09. The molecule has 0 saturated carbocycles. The fraction of sp³-hybridized carbons (Fsp3) is 0.333. The van der Waals surface area contributed by atoms with Gasteiger partial charge in [-0.25, -0.2) is 15.0 Å². The molecule has 0 atom stereocenters. The Balaban J connectivity index is 1.32. The molecule has 2 aliphatic rings. The van der Waals surface area contributed by atoms with Gasteiger partial charge in [-0.1, -0.05) is 30.4 Å². The summed E-state index contributed by atoms with van der Waals surface area (Å²) >= 11 is 0. The van der Waals surface area contributed by atoms with Crippen molar-refractivity contribution in [3.05, 3.63) is 84.2 Å². The number of nitrogen functional groups attached to an aromatic ring is 1. The van der Waals surface area contributed by atoms with Crippen LogP contribution in [0, 0.1) is 16.9 Å². The molecule has 2 N–H and O–H groups in total. The summed E-state index contributed by atoms with van der Waals surface area (Å²) in [6, 6.07) is 16.6. The average molecular weight is 545 g/mol. The number of hydrogen-bond acceptors (Lipinski definition) is 7. The van der Waals surface area contributed by atoms with Gasteiger partial charge in [-0.05, 0) is 92.6 Å². The summed E-state index contributed by atoms with van der Waals surface area (Å²) in [5.41, 5.74) is 13.3. The molecule has 0 unspecified atom stereocenters. The number of nitriles is 1. The standard InChI is InChI=1S/C33H36N8/c1-3-6-25(4-2)28-12-13-29-32(37-28)41(31(38-29)27-7-5-17-36-30(27)35)26-10-8-24(9-11-26)21-40-20-16-33(22-40)14-18-39(23-34)19-15-33/h3-13,17H,14-16,18-22H2,1-2H3,(H2,35,36)/b6-3-,25-4+. The molecule has 1 spiro atoms. The lowest BCUT2D eigenvalue weighted by atomic mass is 9.78. The van der Waals surface area contributed by atoms with Gasteiger partial charge in [0.1, 0.15) is 11.3 Å². The monoisotopic (exact) mass is 544 g/mol. The number of nitrogens with two attached hydrogens (primary N) is 1. The molecule has 208 valence electrons. The van der Waals surface area contributed by atoms with Crippen molar-refractivity contribution in [3.8, 4) is 23.3 Å². The van der Waals surface area contributed by atoms with Crippen LogP contribution in [-0.4, -0.2) is 55.5 Å². The van der Waals surface area contributed by atoms with E-state index in [0.717, 1.165) is 85.1 Å². The van der Waals surface area contributed by atoms with Crippen LogP contribution in [0.5, 0.6) is 0 Å². The molecule has 6 rings (SSSR count). The Morgan fingerprint density at radius 1 is 1.02 bits per heavy atom. The number of imidazole rings is 1. The molecule has 2 fully saturated rings. The average Bonchev–Trinajstić information content (AvgIpc) is 3.57. The van der Waals surface area contributed by atoms with Gasteiger partial charge in [0.05, 0.1) is 11.3 Å². The number of fused-ring (bicyclic) bond motifs is 1. The number of pyridine rings is 2. The lowest BCUT2D eigenvalue weighted by Gasteiger charge is -2.37. The van der Waals surface area contributed by atoms with E-state index in [9.17, 15) is 5.26 Å². The number of likely N-dealkylation sites (tertiary alicyclic amines) is 2. The predicted molar refractivity (Wildman–Crippen MR) is 164 cm³/mol. The van der Waals surface area contributed by atoms with Crippen molar-refractivity contribution in [1.29, 1.82) is 5.26 Å². The molecule has 2 aliphatic heterocycles. The largest absolute Gasteiger partial charge is 0.383 e. The lowest BCUT2D eigenvalue weighted by molar-refractivity contribution is 0.141. The Kier molecular flexibility index (Phi) is 7.29. The van der Waals surface area contributed by atoms with E-state index in [4.69, 9.17) is 15.7 Å². The second-order valence-corrected chi connectivity index (χ2v) is 11.2. The minimum Gasteiger partial charge on any atom is -0.383 e. The Labute approximate surface area is 241 Å². The third kappa shape index (κ3) is 5.21. The number of allylic oxidation sites excluding steroid dienone is 4. The van der Waals surface area contributed by atoms with E-state index in [2.05, 4.69) is 57.1 Å². The molecule has 0 amide bonds. The highest BCUT2D eigenvalue weighted by atomic mass is 15.2. The lowest BCUT2D eigenvalue weighted by Crippen LogP contribution is -2.39. The van der Waals surface area contributed by atoms with Crippen LogP contribution in [0.2, 0.25) is 0 Å². The normalized spacial score (nSPS) is 17.6. The van der Waals surface area contributed by atoms with Crippen molar-refractivity contribution in [1.82, 2.24) is 29.3 Å². The maximum atomic E-state index is 9.23. The van der Waals surface area contributed by atoms with Crippen LogP contribution in [-0.2, 0) is 6.54 Å². The zero-order valence-corrected chi connectivity index (χ0v) is 23.8. The van der Waals surface area contributed by atoms with Gasteiger partial charge in [0.2, 0.25) is 0 Å². The van der Waals surface area contributed by atoms with Crippen LogP contribution in [0.4, 0.5) is 5.82 Å². The summed E-state index contributed by atoms with van der Waals surface area (Å²) in [6.07, 6.45) is 13.6. The second-order valence-electron chi connectivity index (χ2n) is 11.2. The van der Waals surface area contributed by atoms with Crippen LogP contribution in [0.1, 0.15) is 44.4 Å². The highest BCUT2D eigenvalue weighted by Crippen LogP contribution is 2.40. The molecule has 0 aliphatic carbocycles. The van der Waals surface area contributed by atoms with Crippen molar-refractivity contribution in [3.63, 3.8) is 0 Å². The van der Waals surface area contributed by atoms with E-state index in [0.29, 0.717) is 11.2 Å². The third-order valence-corrected chi connectivity index (χ3v) is 8.62. The fourth-order valence-electron chi connectivity index (χ4n) is 6.32. The van der Waals surface area contributed by atoms with Crippen molar-refractivity contribution in [2.75, 3.05) is 31.9 Å². The Morgan fingerprint density at radius 2 is 1.80 bits per heavy atom. The van der Waals surface area contributed by atoms with Crippen LogP contribution >= 0.6 is 0 Å². The maximum absolute atomic E-state index is 9.23. The topological polar surface area (TPSA) is 99.9 Å². The summed E-state index contributed by atoms with van der Waals surface area (Å²) in [5.74, 6) is 1.16. The molecule has 2 saturated heterocycles. The second kappa shape index (κ2) is 11.2. The highest BCUT2D eigenvalue weighted by molar-refractivity contribution is 5.85. The summed E-state index contributed by atoms with van der Waals surface area (Å²) in [5, 5.41) is 9.23. The van der Waals surface area contributed by atoms with Crippen molar-refractivity contribution >= 4 is 22.6 Å². The number of anilines is 1. The van der Waals surface area contributed by atoms with Crippen molar-refractivity contribution in [2.45, 2.75) is 39.7 Å². The number of nitrogens with zero attached hydrogens (tertiary/aromatic N) is 7. The number of benzene rings is 1. The molecule has 0 radical (unpaired) electrons. The van der Waals surface area contributed by atoms with Crippen LogP contribution in [0.25, 0.3) is 33.8 Å². The van der Waals surface area contributed by atoms with E-state index in [1.165, 1.54) is 12.0 Å². The van der Waals surface area contributed by atoms with Gasteiger partial charge in [0, 0.05) is 38.1 Å². The molecule has 1 aromatic carbocycles. The summed E-state index contributed by atoms with van der Waals surface area (Å²) in [4.78, 5) is 18.8. The third-order valence-electron chi connectivity index (χ3n) is 8.62. The van der Waals surface area contributed by atoms with E-state index < -0.39 is 0 Å². The molecule has 8 nitrogen and oxygen atoms in total. The van der Waals surface area contributed by atoms with Crippen molar-refractivity contribution < 1.29 is 0 Å². The molecular formula is C33H36N8. The number of hydrogen-bond donors (Lipinski definition) is 1. The maximum Gasteiger partial charge on any atom is 0.179 e. The summed E-state index contributed by atoms with van der Waals surface area (Å²) in [7, 11) is 0. The van der Waals surface area contributed by atoms with Gasteiger partial charge in [0.25, 0.3) is 0 Å². The molecule has 5 heterocycles. The SMILES string of the molecule is C/C=C\C(=C/C)c1ccc2nc(-c3cccnc3N)n(-c3ccc(CN4CCC5(CCN(C#N)CC5)C4)cc3)c2n1. The van der Waals surface area contributed by atoms with Gasteiger partial charge < -0.3 is 10.6 Å². The molecular weight excluding hydrogens is 508 g/mol. The first-order chi connectivity index (χ1) is 20.0. The van der Waals surface area contributed by atoms with Crippen molar-refractivity contribution in [2.24, 2.45) is 5.41 Å². The molecule has 41 heavy (non-hydrogen) atoms. The smallest absolute Gasteiger partial charge is 0.179 e. The Morgan fingerprint density at radius 3 is 2.51 bits per heavy atom. The number of aromatic nitrogens is 4. The van der Waals surface area contributed by atoms with Gasteiger partial charge in [-0.3, -0.25) is 9.47 Å². The minimum absolute atomic E-state index is 0.365. The van der Waals surface area contributed by atoms with E-state index in [1.54, 1.807) is 6.20 Å². The quantitative estimate of drug-likeness (QED) is 0.241. The summed E-state index contributed by atoms with van der Waals surface area (Å²) in [6.45, 7) is 8.96. The number of piperidine rings is 1. The molecule has 4 aromatic rings. The first-order valence-corrected chi connectivity index (χ1v) is 14.4. The molecule has 8 heteroatoms. The number of rotatable bonds is 6. The predicted octanol–water partition coefficient (Wildman–Crippen LogP) is 5.81.